The average Bonchev–Trinajstić information content (AvgIpc) is 2.65. The highest BCUT2D eigenvalue weighted by molar-refractivity contribution is 6.07. The van der Waals surface area contributed by atoms with E-state index in [1.54, 1.807) is 18.2 Å². The molecule has 90 valence electrons. The second kappa shape index (κ2) is 3.67. The Labute approximate surface area is 105 Å². The zero-order valence-electron chi connectivity index (χ0n) is 9.82. The molecule has 0 aromatic heterocycles. The number of rotatable bonds is 0. The molecule has 0 atom stereocenters. The van der Waals surface area contributed by atoms with Crippen LogP contribution in [0, 0.1) is 11.3 Å². The van der Waals surface area contributed by atoms with Crippen LogP contribution in [0.5, 0.6) is 0 Å². The number of benzene rings is 1. The number of nitriles is 1. The molecule has 1 fully saturated rings. The first-order chi connectivity index (χ1) is 8.65. The molecule has 1 aliphatic heterocycles. The van der Waals surface area contributed by atoms with E-state index in [9.17, 15) is 9.59 Å². The summed E-state index contributed by atoms with van der Waals surface area (Å²) in [6.45, 7) is 0. The summed E-state index contributed by atoms with van der Waals surface area (Å²) in [4.78, 5) is 23.6. The van der Waals surface area contributed by atoms with E-state index in [0.29, 0.717) is 31.2 Å². The number of nitrogens with one attached hydrogen (secondary N) is 1. The van der Waals surface area contributed by atoms with Crippen LogP contribution in [0.2, 0.25) is 0 Å². The fraction of sp³-hybridized carbons (Fsp3) is 0.357. The van der Waals surface area contributed by atoms with Crippen molar-refractivity contribution in [1.29, 1.82) is 5.26 Å². The first kappa shape index (κ1) is 11.0. The molecule has 3 rings (SSSR count). The minimum atomic E-state index is -0.587. The van der Waals surface area contributed by atoms with E-state index < -0.39 is 5.41 Å². The molecule has 4 heteroatoms. The number of fused-ring (bicyclic) bond motifs is 2. The quantitative estimate of drug-likeness (QED) is 0.752. The summed E-state index contributed by atoms with van der Waals surface area (Å²) in [6, 6.07) is 7.35. The van der Waals surface area contributed by atoms with Crippen LogP contribution in [0.4, 0.5) is 5.69 Å². The molecule has 0 radical (unpaired) electrons. The number of Topliss-reactive ketones (excluding diaryl/α,β-unsaturated/α-hetero) is 1. The molecule has 0 bridgehead atoms. The Bertz CT molecular complexity index is 588. The highest BCUT2D eigenvalue weighted by atomic mass is 16.2. The molecule has 1 aliphatic carbocycles. The van der Waals surface area contributed by atoms with Crippen molar-refractivity contribution in [1.82, 2.24) is 0 Å². The minimum absolute atomic E-state index is 0.0277. The summed E-state index contributed by atoms with van der Waals surface area (Å²) in [5.41, 5.74) is 1.64. The van der Waals surface area contributed by atoms with Gasteiger partial charge in [-0.25, -0.2) is 0 Å². The number of anilines is 1. The van der Waals surface area contributed by atoms with Crippen molar-refractivity contribution >= 4 is 17.4 Å². The number of carbonyl (C=O) groups is 2. The maximum atomic E-state index is 12.2. The van der Waals surface area contributed by atoms with Crippen molar-refractivity contribution in [3.05, 3.63) is 29.3 Å². The average molecular weight is 240 g/mol. The zero-order chi connectivity index (χ0) is 12.8. The molecular formula is C14H12N2O2. The number of hydrogen-bond donors (Lipinski definition) is 1. The first-order valence-electron chi connectivity index (χ1n) is 6.03. The van der Waals surface area contributed by atoms with E-state index in [4.69, 9.17) is 5.26 Å². The molecule has 1 N–H and O–H groups in total. The van der Waals surface area contributed by atoms with Gasteiger partial charge in [0.1, 0.15) is 5.78 Å². The molecule has 2 aliphatic rings. The van der Waals surface area contributed by atoms with Gasteiger partial charge in [-0.1, -0.05) is 0 Å². The molecular weight excluding hydrogens is 228 g/mol. The normalized spacial score (nSPS) is 20.4. The molecule has 1 aromatic rings. The van der Waals surface area contributed by atoms with Crippen LogP contribution >= 0.6 is 0 Å². The highest BCUT2D eigenvalue weighted by Crippen LogP contribution is 2.46. The van der Waals surface area contributed by atoms with Crippen molar-refractivity contribution < 1.29 is 9.59 Å². The van der Waals surface area contributed by atoms with Crippen LogP contribution in [-0.4, -0.2) is 11.7 Å². The Hall–Kier alpha value is -2.15. The molecule has 1 amide bonds. The predicted molar refractivity (Wildman–Crippen MR) is 64.9 cm³/mol. The second-order valence-corrected chi connectivity index (χ2v) is 4.95. The highest BCUT2D eigenvalue weighted by Gasteiger charge is 2.48. The summed E-state index contributed by atoms with van der Waals surface area (Å²) in [5, 5.41) is 11.8. The van der Waals surface area contributed by atoms with Crippen molar-refractivity contribution in [3.63, 3.8) is 0 Å². The molecule has 1 aromatic carbocycles. The number of hydrogen-bond acceptors (Lipinski definition) is 3. The molecule has 0 unspecified atom stereocenters. The minimum Gasteiger partial charge on any atom is -0.325 e. The Balaban J connectivity index is 2.10. The fourth-order valence-electron chi connectivity index (χ4n) is 2.94. The number of amides is 1. The van der Waals surface area contributed by atoms with Crippen LogP contribution in [-0.2, 0) is 15.0 Å². The SMILES string of the molecule is N#Cc1ccc2c(c1)C1(CCC(=O)CC1)C(=O)N2. The Morgan fingerprint density at radius 1 is 1.22 bits per heavy atom. The molecule has 1 spiro atoms. The third kappa shape index (κ3) is 1.37. The second-order valence-electron chi connectivity index (χ2n) is 4.95. The molecule has 1 heterocycles. The van der Waals surface area contributed by atoms with Crippen LogP contribution in [0.3, 0.4) is 0 Å². The van der Waals surface area contributed by atoms with Crippen molar-refractivity contribution in [2.75, 3.05) is 5.32 Å². The van der Waals surface area contributed by atoms with Crippen molar-refractivity contribution in [2.45, 2.75) is 31.1 Å². The Kier molecular flexibility index (Phi) is 2.24. The van der Waals surface area contributed by atoms with Crippen LogP contribution < -0.4 is 5.32 Å². The summed E-state index contributed by atoms with van der Waals surface area (Å²) >= 11 is 0. The smallest absolute Gasteiger partial charge is 0.235 e. The van der Waals surface area contributed by atoms with E-state index >= 15 is 0 Å². The van der Waals surface area contributed by atoms with Crippen LogP contribution in [0.15, 0.2) is 18.2 Å². The third-order valence-corrected chi connectivity index (χ3v) is 4.01. The molecule has 18 heavy (non-hydrogen) atoms. The molecule has 0 saturated heterocycles. The van der Waals surface area contributed by atoms with E-state index in [0.717, 1.165) is 11.3 Å². The fourth-order valence-corrected chi connectivity index (χ4v) is 2.94. The summed E-state index contributed by atoms with van der Waals surface area (Å²) in [5.74, 6) is 0.193. The lowest BCUT2D eigenvalue weighted by Crippen LogP contribution is -2.38. The van der Waals surface area contributed by atoms with Crippen molar-refractivity contribution in [3.8, 4) is 6.07 Å². The van der Waals surface area contributed by atoms with E-state index in [-0.39, 0.29) is 11.7 Å². The van der Waals surface area contributed by atoms with Gasteiger partial charge in [0.2, 0.25) is 5.91 Å². The predicted octanol–water partition coefficient (Wildman–Crippen LogP) is 1.89. The Morgan fingerprint density at radius 3 is 2.61 bits per heavy atom. The van der Waals surface area contributed by atoms with Gasteiger partial charge in [-0.05, 0) is 36.6 Å². The van der Waals surface area contributed by atoms with E-state index in [1.165, 1.54) is 0 Å². The third-order valence-electron chi connectivity index (χ3n) is 4.01. The van der Waals surface area contributed by atoms with Gasteiger partial charge in [0.15, 0.2) is 0 Å². The van der Waals surface area contributed by atoms with E-state index in [2.05, 4.69) is 11.4 Å². The lowest BCUT2D eigenvalue weighted by atomic mass is 9.69. The monoisotopic (exact) mass is 240 g/mol. The summed E-state index contributed by atoms with van der Waals surface area (Å²) in [6.07, 6.45) is 2.01. The van der Waals surface area contributed by atoms with Crippen LogP contribution in [0.25, 0.3) is 0 Å². The first-order valence-corrected chi connectivity index (χ1v) is 6.03. The number of ketones is 1. The summed E-state index contributed by atoms with van der Waals surface area (Å²) in [7, 11) is 0. The van der Waals surface area contributed by atoms with E-state index in [1.807, 2.05) is 0 Å². The van der Waals surface area contributed by atoms with Crippen LogP contribution in [0.1, 0.15) is 36.8 Å². The lowest BCUT2D eigenvalue weighted by Gasteiger charge is -2.30. The standard InChI is InChI=1S/C14H12N2O2/c15-8-9-1-2-12-11(7-9)14(13(18)16-12)5-3-10(17)4-6-14/h1-2,7H,3-6H2,(H,16,18). The van der Waals surface area contributed by atoms with Gasteiger partial charge in [0.05, 0.1) is 17.0 Å². The van der Waals surface area contributed by atoms with Crippen molar-refractivity contribution in [2.24, 2.45) is 0 Å². The van der Waals surface area contributed by atoms with Gasteiger partial charge in [-0.15, -0.1) is 0 Å². The van der Waals surface area contributed by atoms with Gasteiger partial charge in [-0.2, -0.15) is 5.26 Å². The summed E-state index contributed by atoms with van der Waals surface area (Å²) < 4.78 is 0. The van der Waals surface area contributed by atoms with Gasteiger partial charge in [-0.3, -0.25) is 9.59 Å². The largest absolute Gasteiger partial charge is 0.325 e. The van der Waals surface area contributed by atoms with Gasteiger partial charge < -0.3 is 5.32 Å². The van der Waals surface area contributed by atoms with Gasteiger partial charge >= 0.3 is 0 Å². The molecule has 4 nitrogen and oxygen atoms in total. The lowest BCUT2D eigenvalue weighted by molar-refractivity contribution is -0.126. The number of nitrogens with zero attached hydrogens (tertiary/aromatic N) is 1. The maximum Gasteiger partial charge on any atom is 0.235 e. The maximum absolute atomic E-state index is 12.2. The number of carbonyl (C=O) groups excluding carboxylic acids is 2. The Morgan fingerprint density at radius 2 is 1.94 bits per heavy atom. The van der Waals surface area contributed by atoms with Gasteiger partial charge in [0, 0.05) is 18.5 Å². The topological polar surface area (TPSA) is 70.0 Å². The molecule has 1 saturated carbocycles. The zero-order valence-corrected chi connectivity index (χ0v) is 9.82. The van der Waals surface area contributed by atoms with Gasteiger partial charge in [0.25, 0.3) is 0 Å².